The molecule has 5 heteroatoms. The molecule has 0 saturated carbocycles. The first-order chi connectivity index (χ1) is 1.73. The molecule has 0 saturated heterocycles. The van der Waals surface area contributed by atoms with Crippen LogP contribution in [0.2, 0.25) is 0 Å². The van der Waals surface area contributed by atoms with Gasteiger partial charge in [0.25, 0.3) is 0 Å². The Labute approximate surface area is 124 Å². The standard InChI is InChI=1S/CH2O3.2CH3.2Sr/c2-1(3)4;;;;/h(H2,2,3,4);2*1H3;;/q;2*-1;2*+2. The Morgan fingerprint density at radius 1 is 1.00 bits per heavy atom. The summed E-state index contributed by atoms with van der Waals surface area (Å²) in [5, 5.41) is 13.9. The molecule has 0 radical (unpaired) electrons. The van der Waals surface area contributed by atoms with Crippen molar-refractivity contribution in [2.24, 2.45) is 0 Å². The molecule has 0 atom stereocenters. The van der Waals surface area contributed by atoms with Crippen LogP contribution in [0.3, 0.4) is 0 Å². The van der Waals surface area contributed by atoms with Gasteiger partial charge in [0.15, 0.2) is 0 Å². The maximum atomic E-state index is 8.56. The largest absolute Gasteiger partial charge is 2.00 e. The second-order valence-corrected chi connectivity index (χ2v) is 0.283. The van der Waals surface area contributed by atoms with Crippen molar-refractivity contribution in [2.45, 2.75) is 0 Å². The minimum Gasteiger partial charge on any atom is -0.450 e. The molecule has 0 fully saturated rings. The first-order valence-corrected chi connectivity index (χ1v) is 0.651. The van der Waals surface area contributed by atoms with Gasteiger partial charge in [0.1, 0.15) is 0 Å². The minimum absolute atomic E-state index is 0. The molecule has 3 nitrogen and oxygen atoms in total. The van der Waals surface area contributed by atoms with Gasteiger partial charge < -0.3 is 25.1 Å². The predicted octanol–water partition coefficient (Wildman–Crippen LogP) is 0.361. The van der Waals surface area contributed by atoms with Crippen LogP contribution in [0.25, 0.3) is 0 Å². The van der Waals surface area contributed by atoms with E-state index in [0.29, 0.717) is 0 Å². The summed E-state index contributed by atoms with van der Waals surface area (Å²) in [6.07, 6.45) is -1.83. The quantitative estimate of drug-likeness (QED) is 0.492. The first-order valence-electron chi connectivity index (χ1n) is 0.651. The number of rotatable bonds is 0. The number of hydrogen-bond donors (Lipinski definition) is 2. The zero-order valence-corrected chi connectivity index (χ0v) is 12.2. The van der Waals surface area contributed by atoms with Crippen molar-refractivity contribution in [3.63, 3.8) is 0 Å². The van der Waals surface area contributed by atoms with Gasteiger partial charge in [-0.15, -0.1) is 0 Å². The zero-order chi connectivity index (χ0) is 3.58. The monoisotopic (exact) mass is 268 g/mol. The Morgan fingerprint density at radius 3 is 1.00 bits per heavy atom. The fraction of sp³-hybridized carbons (Fsp3) is 0. The molecule has 0 aromatic rings. The van der Waals surface area contributed by atoms with Crippen LogP contribution < -0.4 is 0 Å². The van der Waals surface area contributed by atoms with Crippen LogP contribution in [0.15, 0.2) is 0 Å². The minimum atomic E-state index is -1.83. The Hall–Kier alpha value is 2.23. The van der Waals surface area contributed by atoms with E-state index >= 15 is 0 Å². The number of hydrogen-bond acceptors (Lipinski definition) is 1. The molecule has 8 heavy (non-hydrogen) atoms. The molecule has 0 rings (SSSR count). The molecule has 0 bridgehead atoms. The fourth-order valence-corrected chi connectivity index (χ4v) is 0. The van der Waals surface area contributed by atoms with Gasteiger partial charge in [-0.3, -0.25) is 0 Å². The van der Waals surface area contributed by atoms with E-state index in [2.05, 4.69) is 0 Å². The molecule has 0 heterocycles. The molecule has 0 aliphatic heterocycles. The number of carboxylic acid groups (broad SMARTS) is 2. The van der Waals surface area contributed by atoms with E-state index in [0.717, 1.165) is 0 Å². The van der Waals surface area contributed by atoms with Crippen LogP contribution in [-0.2, 0) is 0 Å². The Kier molecular flexibility index (Phi) is 91.0. The maximum absolute atomic E-state index is 8.56. The van der Waals surface area contributed by atoms with Crippen molar-refractivity contribution in [3.8, 4) is 0 Å². The second kappa shape index (κ2) is 22.9. The second-order valence-electron chi connectivity index (χ2n) is 0.283. The van der Waals surface area contributed by atoms with Crippen LogP contribution >= 0.6 is 0 Å². The van der Waals surface area contributed by atoms with Gasteiger partial charge in [-0.2, -0.15) is 0 Å². The molecule has 0 amide bonds. The molecule has 0 spiro atoms. The summed E-state index contributed by atoms with van der Waals surface area (Å²) >= 11 is 0. The molecular weight excluding hydrogens is 259 g/mol. The average molecular weight is 267 g/mol. The summed E-state index contributed by atoms with van der Waals surface area (Å²) in [7, 11) is 0. The summed E-state index contributed by atoms with van der Waals surface area (Å²) in [6.45, 7) is 0. The molecule has 0 aliphatic carbocycles. The van der Waals surface area contributed by atoms with Crippen LogP contribution in [0.1, 0.15) is 0 Å². The Morgan fingerprint density at radius 2 is 1.00 bits per heavy atom. The van der Waals surface area contributed by atoms with Gasteiger partial charge in [0.2, 0.25) is 0 Å². The van der Waals surface area contributed by atoms with Gasteiger partial charge in [-0.05, 0) is 0 Å². The van der Waals surface area contributed by atoms with Gasteiger partial charge in [-0.1, -0.05) is 0 Å². The van der Waals surface area contributed by atoms with Gasteiger partial charge in [-0.25, -0.2) is 4.79 Å². The molecular formula is C3H8O3Sr2+2. The normalized spacial score (nSPS) is 3.00. The predicted molar refractivity (Wildman–Crippen MR) is 35.0 cm³/mol. The Bertz CT molecular complexity index is 35.5. The molecule has 40 valence electrons. The van der Waals surface area contributed by atoms with E-state index < -0.39 is 6.16 Å². The maximum Gasteiger partial charge on any atom is 2.00 e. The molecule has 2 N–H and O–H groups in total. The van der Waals surface area contributed by atoms with Crippen molar-refractivity contribution in [3.05, 3.63) is 14.9 Å². The third-order valence-corrected chi connectivity index (χ3v) is 0. The van der Waals surface area contributed by atoms with E-state index in [4.69, 9.17) is 15.0 Å². The van der Waals surface area contributed by atoms with E-state index in [-0.39, 0.29) is 106 Å². The van der Waals surface area contributed by atoms with Crippen LogP contribution in [0.4, 0.5) is 4.79 Å². The zero-order valence-electron chi connectivity index (χ0n) is 5.22. The summed E-state index contributed by atoms with van der Waals surface area (Å²) < 4.78 is 0. The van der Waals surface area contributed by atoms with Gasteiger partial charge in [0, 0.05) is 0 Å². The third-order valence-electron chi connectivity index (χ3n) is 0. The summed E-state index contributed by atoms with van der Waals surface area (Å²) in [4.78, 5) is 8.56. The third kappa shape index (κ3) is 86.5. The van der Waals surface area contributed by atoms with E-state index in [1.807, 2.05) is 0 Å². The van der Waals surface area contributed by atoms with Crippen molar-refractivity contribution >= 4 is 97.1 Å². The summed E-state index contributed by atoms with van der Waals surface area (Å²) in [5.41, 5.74) is 0. The number of carbonyl (C=O) groups is 1. The van der Waals surface area contributed by atoms with Gasteiger partial charge in [0.05, 0.1) is 0 Å². The van der Waals surface area contributed by atoms with E-state index in [1.54, 1.807) is 0 Å². The SMILES string of the molecule is O=C(O)O.[CH3-].[CH3-].[Sr+2].[Sr+2]. The van der Waals surface area contributed by atoms with E-state index in [1.165, 1.54) is 0 Å². The van der Waals surface area contributed by atoms with Gasteiger partial charge >= 0.3 is 97.1 Å². The molecule has 0 unspecified atom stereocenters. The summed E-state index contributed by atoms with van der Waals surface area (Å²) in [6, 6.07) is 0. The molecule has 0 aromatic carbocycles. The van der Waals surface area contributed by atoms with E-state index in [9.17, 15) is 0 Å². The topological polar surface area (TPSA) is 57.5 Å². The fourth-order valence-electron chi connectivity index (χ4n) is 0. The van der Waals surface area contributed by atoms with Crippen molar-refractivity contribution < 1.29 is 15.0 Å². The Balaban J connectivity index is -0.00000000750. The first kappa shape index (κ1) is 31.9. The van der Waals surface area contributed by atoms with Crippen LogP contribution in [0, 0.1) is 14.9 Å². The van der Waals surface area contributed by atoms with Crippen LogP contribution in [-0.4, -0.2) is 107 Å². The summed E-state index contributed by atoms with van der Waals surface area (Å²) in [5.74, 6) is 0. The molecule has 0 aliphatic rings. The molecule has 0 aromatic heterocycles. The van der Waals surface area contributed by atoms with Crippen LogP contribution in [0.5, 0.6) is 0 Å². The average Bonchev–Trinajstić information content (AvgIpc) is 0.811. The van der Waals surface area contributed by atoms with Crippen molar-refractivity contribution in [2.75, 3.05) is 0 Å². The van der Waals surface area contributed by atoms with Crippen molar-refractivity contribution in [1.29, 1.82) is 0 Å². The smallest absolute Gasteiger partial charge is 0.450 e. The van der Waals surface area contributed by atoms with Crippen molar-refractivity contribution in [1.82, 2.24) is 0 Å².